The molecule has 3 unspecified atom stereocenters. The zero-order valence-corrected chi connectivity index (χ0v) is 10.2. The largest absolute Gasteiger partial charge is 0.317 e. The fourth-order valence-electron chi connectivity index (χ4n) is 2.87. The fourth-order valence-corrected chi connectivity index (χ4v) is 2.87. The molecule has 0 aromatic rings. The summed E-state index contributed by atoms with van der Waals surface area (Å²) in [5.74, 6) is 1.92. The van der Waals surface area contributed by atoms with Crippen LogP contribution in [0.1, 0.15) is 58.8 Å². The highest BCUT2D eigenvalue weighted by atomic mass is 14.9. The first-order valence-corrected chi connectivity index (χ1v) is 6.45. The van der Waals surface area contributed by atoms with Gasteiger partial charge in [0.15, 0.2) is 0 Å². The molecule has 3 atom stereocenters. The van der Waals surface area contributed by atoms with E-state index in [1.54, 1.807) is 0 Å². The lowest BCUT2D eigenvalue weighted by molar-refractivity contribution is 0.281. The molecule has 14 heavy (non-hydrogen) atoms. The summed E-state index contributed by atoms with van der Waals surface area (Å²) in [6.07, 6.45) is 9.93. The third-order valence-corrected chi connectivity index (χ3v) is 3.92. The van der Waals surface area contributed by atoms with E-state index in [9.17, 15) is 0 Å². The van der Waals surface area contributed by atoms with Gasteiger partial charge in [0.25, 0.3) is 0 Å². The first-order valence-electron chi connectivity index (χ1n) is 6.45. The summed E-state index contributed by atoms with van der Waals surface area (Å²) in [5.41, 5.74) is 0. The first-order chi connectivity index (χ1) is 6.77. The second-order valence-corrected chi connectivity index (χ2v) is 5.03. The second-order valence-electron chi connectivity index (χ2n) is 5.03. The van der Waals surface area contributed by atoms with Crippen LogP contribution in [0.2, 0.25) is 0 Å². The Morgan fingerprint density at radius 1 is 1.29 bits per heavy atom. The molecule has 84 valence electrons. The van der Waals surface area contributed by atoms with Gasteiger partial charge < -0.3 is 5.32 Å². The molecule has 1 aliphatic carbocycles. The van der Waals surface area contributed by atoms with E-state index in [-0.39, 0.29) is 0 Å². The van der Waals surface area contributed by atoms with E-state index in [0.29, 0.717) is 0 Å². The highest BCUT2D eigenvalue weighted by Crippen LogP contribution is 2.31. The van der Waals surface area contributed by atoms with Crippen LogP contribution in [0.4, 0.5) is 0 Å². The molecule has 0 aliphatic heterocycles. The van der Waals surface area contributed by atoms with Gasteiger partial charge in [-0.2, -0.15) is 0 Å². The molecule has 0 aromatic heterocycles. The van der Waals surface area contributed by atoms with E-state index in [0.717, 1.165) is 17.9 Å². The van der Waals surface area contributed by atoms with Crippen molar-refractivity contribution in [2.24, 2.45) is 11.8 Å². The third kappa shape index (κ3) is 3.61. The van der Waals surface area contributed by atoms with Crippen LogP contribution in [0, 0.1) is 11.8 Å². The maximum atomic E-state index is 3.47. The zero-order chi connectivity index (χ0) is 10.4. The molecule has 1 aliphatic rings. The Morgan fingerprint density at radius 3 is 2.64 bits per heavy atom. The number of nitrogens with one attached hydrogen (secondary N) is 1. The second kappa shape index (κ2) is 6.44. The van der Waals surface area contributed by atoms with Crippen LogP contribution in [-0.4, -0.2) is 13.1 Å². The molecule has 0 heterocycles. The summed E-state index contributed by atoms with van der Waals surface area (Å²) in [6.45, 7) is 4.76. The normalized spacial score (nSPS) is 31.1. The minimum Gasteiger partial charge on any atom is -0.317 e. The number of rotatable bonds is 4. The van der Waals surface area contributed by atoms with Crippen molar-refractivity contribution in [3.05, 3.63) is 0 Å². The van der Waals surface area contributed by atoms with Gasteiger partial charge >= 0.3 is 0 Å². The molecule has 1 nitrogen and oxygen atoms in total. The summed E-state index contributed by atoms with van der Waals surface area (Å²) < 4.78 is 0. The molecule has 1 N–H and O–H groups in total. The number of hydrogen-bond acceptors (Lipinski definition) is 1. The van der Waals surface area contributed by atoms with E-state index in [4.69, 9.17) is 0 Å². The molecule has 0 spiro atoms. The van der Waals surface area contributed by atoms with Gasteiger partial charge in [-0.3, -0.25) is 0 Å². The monoisotopic (exact) mass is 197 g/mol. The quantitative estimate of drug-likeness (QED) is 0.679. The van der Waals surface area contributed by atoms with Crippen molar-refractivity contribution < 1.29 is 0 Å². The van der Waals surface area contributed by atoms with Crippen molar-refractivity contribution >= 4 is 0 Å². The van der Waals surface area contributed by atoms with E-state index in [2.05, 4.69) is 26.2 Å². The van der Waals surface area contributed by atoms with E-state index < -0.39 is 0 Å². The van der Waals surface area contributed by atoms with Gasteiger partial charge in [0, 0.05) is 6.04 Å². The van der Waals surface area contributed by atoms with Crippen LogP contribution in [0.3, 0.4) is 0 Å². The smallest absolute Gasteiger partial charge is 0.00668 e. The Hall–Kier alpha value is -0.0400. The van der Waals surface area contributed by atoms with Gasteiger partial charge in [-0.05, 0) is 31.7 Å². The van der Waals surface area contributed by atoms with Crippen molar-refractivity contribution in [1.82, 2.24) is 5.32 Å². The molecule has 1 fully saturated rings. The van der Waals surface area contributed by atoms with Gasteiger partial charge in [0.2, 0.25) is 0 Å². The summed E-state index contributed by atoms with van der Waals surface area (Å²) in [6, 6.07) is 0.793. The zero-order valence-electron chi connectivity index (χ0n) is 10.2. The Kier molecular flexibility index (Phi) is 5.54. The van der Waals surface area contributed by atoms with Crippen molar-refractivity contribution in [3.63, 3.8) is 0 Å². The van der Waals surface area contributed by atoms with Crippen molar-refractivity contribution in [1.29, 1.82) is 0 Å². The van der Waals surface area contributed by atoms with Gasteiger partial charge in [0.1, 0.15) is 0 Å². The first kappa shape index (κ1) is 12.0. The van der Waals surface area contributed by atoms with Crippen LogP contribution >= 0.6 is 0 Å². The lowest BCUT2D eigenvalue weighted by atomic mass is 9.84. The summed E-state index contributed by atoms with van der Waals surface area (Å²) in [4.78, 5) is 0. The predicted molar refractivity (Wildman–Crippen MR) is 63.5 cm³/mol. The van der Waals surface area contributed by atoms with Crippen LogP contribution < -0.4 is 5.32 Å². The molecular formula is C13H27N. The average molecular weight is 197 g/mol. The Labute approximate surface area is 89.7 Å². The molecule has 1 saturated carbocycles. The Bertz CT molecular complexity index is 144. The highest BCUT2D eigenvalue weighted by molar-refractivity contribution is 4.77. The topological polar surface area (TPSA) is 12.0 Å². The molecule has 0 bridgehead atoms. The maximum Gasteiger partial charge on any atom is 0.00668 e. The average Bonchev–Trinajstić information content (AvgIpc) is 2.43. The fraction of sp³-hybridized carbons (Fsp3) is 1.00. The summed E-state index contributed by atoms with van der Waals surface area (Å²) in [5, 5.41) is 3.47. The third-order valence-electron chi connectivity index (χ3n) is 3.92. The van der Waals surface area contributed by atoms with Crippen LogP contribution in [0.25, 0.3) is 0 Å². The van der Waals surface area contributed by atoms with Gasteiger partial charge in [-0.1, -0.05) is 46.0 Å². The van der Waals surface area contributed by atoms with Crippen LogP contribution in [-0.2, 0) is 0 Å². The van der Waals surface area contributed by atoms with Gasteiger partial charge in [0.05, 0.1) is 0 Å². The molecule has 0 saturated heterocycles. The lowest BCUT2D eigenvalue weighted by Crippen LogP contribution is -2.28. The van der Waals surface area contributed by atoms with Gasteiger partial charge in [-0.25, -0.2) is 0 Å². The van der Waals surface area contributed by atoms with Crippen LogP contribution in [0.15, 0.2) is 0 Å². The Morgan fingerprint density at radius 2 is 2.00 bits per heavy atom. The molecule has 1 heteroatoms. The van der Waals surface area contributed by atoms with E-state index in [1.807, 2.05) is 0 Å². The SMILES string of the molecule is CCCC(C)C1CCCCC(NC)C1. The molecule has 1 rings (SSSR count). The van der Waals surface area contributed by atoms with Crippen molar-refractivity contribution in [2.45, 2.75) is 64.8 Å². The number of hydrogen-bond donors (Lipinski definition) is 1. The molecular weight excluding hydrogens is 170 g/mol. The van der Waals surface area contributed by atoms with Gasteiger partial charge in [-0.15, -0.1) is 0 Å². The predicted octanol–water partition coefficient (Wildman–Crippen LogP) is 3.59. The van der Waals surface area contributed by atoms with Crippen molar-refractivity contribution in [3.8, 4) is 0 Å². The summed E-state index contributed by atoms with van der Waals surface area (Å²) in [7, 11) is 2.12. The summed E-state index contributed by atoms with van der Waals surface area (Å²) >= 11 is 0. The highest BCUT2D eigenvalue weighted by Gasteiger charge is 2.22. The van der Waals surface area contributed by atoms with Crippen molar-refractivity contribution in [2.75, 3.05) is 7.05 Å². The maximum absolute atomic E-state index is 3.47. The standard InChI is InChI=1S/C13H27N/c1-4-7-11(2)12-8-5-6-9-13(10-12)14-3/h11-14H,4-10H2,1-3H3. The van der Waals surface area contributed by atoms with Crippen LogP contribution in [0.5, 0.6) is 0 Å². The minimum absolute atomic E-state index is 0.793. The van der Waals surface area contributed by atoms with E-state index in [1.165, 1.54) is 44.9 Å². The van der Waals surface area contributed by atoms with E-state index >= 15 is 0 Å². The minimum atomic E-state index is 0.793. The Balaban J connectivity index is 2.41. The lowest BCUT2D eigenvalue weighted by Gasteiger charge is -2.25. The molecule has 0 radical (unpaired) electrons. The molecule has 0 amide bonds. The molecule has 0 aromatic carbocycles.